The Morgan fingerprint density at radius 1 is 1.25 bits per heavy atom. The molecule has 2 N–H and O–H groups in total. The number of hydrogen-bond donors (Lipinski definition) is 2. The number of carbonyl (C=O) groups excluding carboxylic acids is 1. The van der Waals surface area contributed by atoms with E-state index in [9.17, 15) is 4.79 Å². The topological polar surface area (TPSA) is 44.9 Å². The van der Waals surface area contributed by atoms with Crippen molar-refractivity contribution in [1.29, 1.82) is 0 Å². The minimum atomic E-state index is -0.0908. The van der Waals surface area contributed by atoms with Gasteiger partial charge in [0, 0.05) is 18.3 Å². The third-order valence-electron chi connectivity index (χ3n) is 2.49. The molecule has 0 saturated carbocycles. The molecule has 1 heterocycles. The summed E-state index contributed by atoms with van der Waals surface area (Å²) in [5.74, 6) is -0.0908. The van der Waals surface area contributed by atoms with Crippen LogP contribution in [0.3, 0.4) is 0 Å². The smallest absolute Gasteiger partial charge is 0.268 e. The summed E-state index contributed by atoms with van der Waals surface area (Å²) >= 11 is 0. The largest absolute Gasteiger partial charge is 0.354 e. The fourth-order valence-corrected chi connectivity index (χ4v) is 1.74. The Morgan fingerprint density at radius 2 is 1.94 bits per heavy atom. The van der Waals surface area contributed by atoms with Gasteiger partial charge in [0.25, 0.3) is 5.91 Å². The third-order valence-corrected chi connectivity index (χ3v) is 2.49. The van der Waals surface area contributed by atoms with Crippen LogP contribution in [0, 0.1) is 6.92 Å². The number of hydrogen-bond acceptors (Lipinski definition) is 1. The van der Waals surface area contributed by atoms with E-state index in [-0.39, 0.29) is 5.91 Å². The highest BCUT2D eigenvalue weighted by molar-refractivity contribution is 5.99. The maximum atomic E-state index is 11.7. The third kappa shape index (κ3) is 1.84. The lowest BCUT2D eigenvalue weighted by atomic mass is 10.1. The van der Waals surface area contributed by atoms with Gasteiger partial charge in [0.2, 0.25) is 0 Å². The van der Waals surface area contributed by atoms with Crippen LogP contribution >= 0.6 is 0 Å². The van der Waals surface area contributed by atoms with Crippen molar-refractivity contribution >= 4 is 5.91 Å². The minimum Gasteiger partial charge on any atom is -0.354 e. The number of rotatable bonds is 2. The molecule has 0 fully saturated rings. The van der Waals surface area contributed by atoms with Crippen molar-refractivity contribution in [3.05, 3.63) is 47.8 Å². The molecule has 0 aliphatic carbocycles. The zero-order valence-electron chi connectivity index (χ0n) is 9.37. The van der Waals surface area contributed by atoms with E-state index >= 15 is 0 Å². The lowest BCUT2D eigenvalue weighted by molar-refractivity contribution is 0.0959. The molecule has 2 aromatic rings. The molecule has 0 radical (unpaired) electrons. The monoisotopic (exact) mass is 214 g/mol. The quantitative estimate of drug-likeness (QED) is 0.792. The zero-order chi connectivity index (χ0) is 11.5. The second-order valence-electron chi connectivity index (χ2n) is 3.69. The van der Waals surface area contributed by atoms with Gasteiger partial charge in [-0.1, -0.05) is 30.3 Å². The molecule has 3 heteroatoms. The van der Waals surface area contributed by atoms with Crippen LogP contribution in [0.4, 0.5) is 0 Å². The first-order valence-corrected chi connectivity index (χ1v) is 5.19. The van der Waals surface area contributed by atoms with Crippen LogP contribution in [0.25, 0.3) is 11.1 Å². The van der Waals surface area contributed by atoms with E-state index in [1.807, 2.05) is 43.3 Å². The fraction of sp³-hybridized carbons (Fsp3) is 0.154. The van der Waals surface area contributed by atoms with E-state index < -0.39 is 0 Å². The summed E-state index contributed by atoms with van der Waals surface area (Å²) in [5, 5.41) is 2.63. The highest BCUT2D eigenvalue weighted by atomic mass is 16.1. The highest BCUT2D eigenvalue weighted by Gasteiger charge is 2.13. The Morgan fingerprint density at radius 3 is 2.56 bits per heavy atom. The van der Waals surface area contributed by atoms with Crippen molar-refractivity contribution in [1.82, 2.24) is 10.3 Å². The van der Waals surface area contributed by atoms with Gasteiger partial charge in [-0.25, -0.2) is 0 Å². The predicted octanol–water partition coefficient (Wildman–Crippen LogP) is 2.35. The summed E-state index contributed by atoms with van der Waals surface area (Å²) in [5.41, 5.74) is 3.59. The molecule has 1 aromatic carbocycles. The first kappa shape index (κ1) is 10.5. The van der Waals surface area contributed by atoms with Gasteiger partial charge in [0.1, 0.15) is 5.69 Å². The summed E-state index contributed by atoms with van der Waals surface area (Å²) in [6.45, 7) is 1.94. The Kier molecular flexibility index (Phi) is 2.77. The van der Waals surface area contributed by atoms with Crippen LogP contribution < -0.4 is 5.32 Å². The van der Waals surface area contributed by atoms with Gasteiger partial charge >= 0.3 is 0 Å². The van der Waals surface area contributed by atoms with Gasteiger partial charge in [-0.2, -0.15) is 0 Å². The minimum absolute atomic E-state index is 0.0908. The number of carbonyl (C=O) groups is 1. The second-order valence-corrected chi connectivity index (χ2v) is 3.69. The molecule has 0 aliphatic heterocycles. The van der Waals surface area contributed by atoms with Crippen molar-refractivity contribution in [2.75, 3.05) is 7.05 Å². The summed E-state index contributed by atoms with van der Waals surface area (Å²) in [4.78, 5) is 14.8. The Labute approximate surface area is 94.5 Å². The molecule has 2 rings (SSSR count). The second kappa shape index (κ2) is 4.23. The normalized spacial score (nSPS) is 10.1. The van der Waals surface area contributed by atoms with Crippen molar-refractivity contribution in [2.45, 2.75) is 6.92 Å². The fourth-order valence-electron chi connectivity index (χ4n) is 1.74. The highest BCUT2D eigenvalue weighted by Crippen LogP contribution is 2.24. The Hall–Kier alpha value is -2.03. The van der Waals surface area contributed by atoms with Gasteiger partial charge in [0.15, 0.2) is 0 Å². The number of benzene rings is 1. The van der Waals surface area contributed by atoms with Gasteiger partial charge in [-0.05, 0) is 18.6 Å². The van der Waals surface area contributed by atoms with E-state index in [2.05, 4.69) is 10.3 Å². The van der Waals surface area contributed by atoms with E-state index in [1.54, 1.807) is 7.05 Å². The molecule has 1 aromatic heterocycles. The molecule has 0 saturated heterocycles. The first-order valence-electron chi connectivity index (χ1n) is 5.19. The molecular weight excluding hydrogens is 200 g/mol. The van der Waals surface area contributed by atoms with Crippen LogP contribution in [0.1, 0.15) is 16.2 Å². The lowest BCUT2D eigenvalue weighted by Crippen LogP contribution is -2.19. The zero-order valence-corrected chi connectivity index (χ0v) is 9.37. The van der Waals surface area contributed by atoms with Gasteiger partial charge in [-0.3, -0.25) is 4.79 Å². The van der Waals surface area contributed by atoms with Gasteiger partial charge in [-0.15, -0.1) is 0 Å². The molecule has 1 amide bonds. The standard InChI is InChI=1S/C13H14N2O/c1-9-8-11(10-6-4-3-5-7-10)12(15-9)13(16)14-2/h3-8,15H,1-2H3,(H,14,16). The average Bonchev–Trinajstić information content (AvgIpc) is 2.71. The summed E-state index contributed by atoms with van der Waals surface area (Å²) in [6, 6.07) is 11.9. The van der Waals surface area contributed by atoms with Crippen LogP contribution in [0.15, 0.2) is 36.4 Å². The van der Waals surface area contributed by atoms with Gasteiger partial charge in [0.05, 0.1) is 0 Å². The molecule has 3 nitrogen and oxygen atoms in total. The van der Waals surface area contributed by atoms with E-state index in [1.165, 1.54) is 0 Å². The Bertz CT molecular complexity index is 500. The van der Waals surface area contributed by atoms with E-state index in [0.29, 0.717) is 5.69 Å². The van der Waals surface area contributed by atoms with Crippen molar-refractivity contribution in [3.8, 4) is 11.1 Å². The lowest BCUT2D eigenvalue weighted by Gasteiger charge is -2.02. The summed E-state index contributed by atoms with van der Waals surface area (Å²) in [6.07, 6.45) is 0. The van der Waals surface area contributed by atoms with E-state index in [0.717, 1.165) is 16.8 Å². The molecule has 0 aliphatic rings. The van der Waals surface area contributed by atoms with Crippen LogP contribution in [0.2, 0.25) is 0 Å². The van der Waals surface area contributed by atoms with Crippen LogP contribution in [-0.4, -0.2) is 17.9 Å². The number of aryl methyl sites for hydroxylation is 1. The SMILES string of the molecule is CNC(=O)c1[nH]c(C)cc1-c1ccccc1. The van der Waals surface area contributed by atoms with Crippen molar-refractivity contribution < 1.29 is 4.79 Å². The number of amides is 1. The van der Waals surface area contributed by atoms with Crippen molar-refractivity contribution in [2.24, 2.45) is 0 Å². The molecule has 82 valence electrons. The van der Waals surface area contributed by atoms with Gasteiger partial charge < -0.3 is 10.3 Å². The average molecular weight is 214 g/mol. The number of aromatic amines is 1. The Balaban J connectivity index is 2.53. The molecular formula is C13H14N2O. The summed E-state index contributed by atoms with van der Waals surface area (Å²) < 4.78 is 0. The maximum absolute atomic E-state index is 11.7. The predicted molar refractivity (Wildman–Crippen MR) is 64.4 cm³/mol. The van der Waals surface area contributed by atoms with E-state index in [4.69, 9.17) is 0 Å². The molecule has 16 heavy (non-hydrogen) atoms. The first-order chi connectivity index (χ1) is 7.72. The number of aromatic nitrogens is 1. The van der Waals surface area contributed by atoms with Crippen LogP contribution in [0.5, 0.6) is 0 Å². The molecule has 0 atom stereocenters. The maximum Gasteiger partial charge on any atom is 0.268 e. The van der Waals surface area contributed by atoms with Crippen LogP contribution in [-0.2, 0) is 0 Å². The molecule has 0 spiro atoms. The molecule has 0 bridgehead atoms. The summed E-state index contributed by atoms with van der Waals surface area (Å²) in [7, 11) is 1.63. The van der Waals surface area contributed by atoms with Crippen molar-refractivity contribution in [3.63, 3.8) is 0 Å². The molecule has 0 unspecified atom stereocenters. The number of H-pyrrole nitrogens is 1. The number of nitrogens with one attached hydrogen (secondary N) is 2.